The van der Waals surface area contributed by atoms with E-state index in [4.69, 9.17) is 0 Å². The molecule has 1 saturated heterocycles. The van der Waals surface area contributed by atoms with Gasteiger partial charge in [0.1, 0.15) is 6.07 Å². The molecule has 0 unspecified atom stereocenters. The topological polar surface area (TPSA) is 88.5 Å². The highest BCUT2D eigenvalue weighted by Gasteiger charge is 2.26. The Labute approximate surface area is 161 Å². The maximum atomic E-state index is 12.4. The van der Waals surface area contributed by atoms with Crippen LogP contribution in [0.15, 0.2) is 24.3 Å². The van der Waals surface area contributed by atoms with Gasteiger partial charge in [-0.2, -0.15) is 5.26 Å². The quantitative estimate of drug-likeness (QED) is 0.849. The summed E-state index contributed by atoms with van der Waals surface area (Å²) in [6.07, 6.45) is 0.881. The van der Waals surface area contributed by atoms with Gasteiger partial charge in [-0.05, 0) is 46.2 Å². The van der Waals surface area contributed by atoms with Gasteiger partial charge in [0.2, 0.25) is 5.91 Å². The SMILES string of the molecule is C[C@H](C(=O)NC(=O)NC(C)(C)C)N1CCCN(c2ccccc2C#N)CC1. The first-order valence-electron chi connectivity index (χ1n) is 9.32. The number of imide groups is 1. The fourth-order valence-electron chi connectivity index (χ4n) is 3.16. The zero-order chi connectivity index (χ0) is 20.0. The zero-order valence-electron chi connectivity index (χ0n) is 16.6. The van der Waals surface area contributed by atoms with Crippen LogP contribution in [-0.2, 0) is 4.79 Å². The van der Waals surface area contributed by atoms with Crippen LogP contribution in [0.1, 0.15) is 39.7 Å². The van der Waals surface area contributed by atoms with Gasteiger partial charge in [-0.1, -0.05) is 12.1 Å². The first-order valence-corrected chi connectivity index (χ1v) is 9.32. The lowest BCUT2D eigenvalue weighted by Crippen LogP contribution is -2.53. The number of benzene rings is 1. The van der Waals surface area contributed by atoms with Crippen LogP contribution in [0, 0.1) is 11.3 Å². The van der Waals surface area contributed by atoms with Crippen LogP contribution >= 0.6 is 0 Å². The van der Waals surface area contributed by atoms with Gasteiger partial charge in [-0.25, -0.2) is 4.79 Å². The summed E-state index contributed by atoms with van der Waals surface area (Å²) >= 11 is 0. The number of rotatable bonds is 3. The molecule has 3 amide bonds. The lowest BCUT2D eigenvalue weighted by molar-refractivity contribution is -0.124. The van der Waals surface area contributed by atoms with Gasteiger partial charge in [-0.15, -0.1) is 0 Å². The number of hydrogen-bond acceptors (Lipinski definition) is 5. The average Bonchev–Trinajstić information content (AvgIpc) is 2.85. The van der Waals surface area contributed by atoms with Gasteiger partial charge >= 0.3 is 6.03 Å². The van der Waals surface area contributed by atoms with E-state index in [2.05, 4.69) is 26.5 Å². The molecule has 0 spiro atoms. The number of nitriles is 1. The molecular formula is C20H29N5O2. The van der Waals surface area contributed by atoms with Crippen LogP contribution < -0.4 is 15.5 Å². The number of nitrogens with zero attached hydrogens (tertiary/aromatic N) is 3. The Kier molecular flexibility index (Phi) is 6.81. The van der Waals surface area contributed by atoms with E-state index in [1.54, 1.807) is 0 Å². The van der Waals surface area contributed by atoms with Crippen LogP contribution in [0.3, 0.4) is 0 Å². The van der Waals surface area contributed by atoms with E-state index >= 15 is 0 Å². The molecule has 1 aliphatic heterocycles. The van der Waals surface area contributed by atoms with Crippen molar-refractivity contribution in [1.82, 2.24) is 15.5 Å². The molecule has 0 aliphatic carbocycles. The van der Waals surface area contributed by atoms with Gasteiger partial charge in [0.05, 0.1) is 17.3 Å². The summed E-state index contributed by atoms with van der Waals surface area (Å²) in [5.41, 5.74) is 1.20. The summed E-state index contributed by atoms with van der Waals surface area (Å²) < 4.78 is 0. The standard InChI is InChI=1S/C20H29N5O2/c1-15(18(26)22-19(27)23-20(2,3)4)24-10-7-11-25(13-12-24)17-9-6-5-8-16(17)14-21/h5-6,8-9,15H,7,10-13H2,1-4H3,(H2,22,23,26,27)/t15-/m1/s1. The Bertz CT molecular complexity index is 720. The minimum atomic E-state index is -0.473. The summed E-state index contributed by atoms with van der Waals surface area (Å²) in [6, 6.07) is 8.94. The van der Waals surface area contributed by atoms with Gasteiger partial charge in [-0.3, -0.25) is 15.0 Å². The van der Waals surface area contributed by atoms with Crippen molar-refractivity contribution in [3.8, 4) is 6.07 Å². The first kappa shape index (κ1) is 20.7. The van der Waals surface area contributed by atoms with Crippen LogP contribution in [0.2, 0.25) is 0 Å². The maximum Gasteiger partial charge on any atom is 0.321 e. The zero-order valence-corrected chi connectivity index (χ0v) is 16.6. The third-order valence-electron chi connectivity index (χ3n) is 4.55. The molecule has 0 saturated carbocycles. The molecule has 1 aromatic rings. The Morgan fingerprint density at radius 1 is 1.15 bits per heavy atom. The van der Waals surface area contributed by atoms with Gasteiger partial charge < -0.3 is 10.2 Å². The van der Waals surface area contributed by atoms with Crippen molar-refractivity contribution in [3.05, 3.63) is 29.8 Å². The highest BCUT2D eigenvalue weighted by atomic mass is 16.2. The largest absolute Gasteiger partial charge is 0.369 e. The van der Waals surface area contributed by atoms with E-state index < -0.39 is 17.6 Å². The molecule has 1 aromatic carbocycles. The van der Waals surface area contributed by atoms with Gasteiger partial charge in [0.25, 0.3) is 0 Å². The average molecular weight is 371 g/mol. The Morgan fingerprint density at radius 2 is 1.85 bits per heavy atom. The predicted octanol–water partition coefficient (Wildman–Crippen LogP) is 2.08. The van der Waals surface area contributed by atoms with Crippen molar-refractivity contribution in [2.45, 2.75) is 45.7 Å². The summed E-state index contributed by atoms with van der Waals surface area (Å²) in [4.78, 5) is 28.6. The molecule has 1 heterocycles. The number of para-hydroxylation sites is 1. The van der Waals surface area contributed by atoms with Crippen molar-refractivity contribution < 1.29 is 9.59 Å². The first-order chi connectivity index (χ1) is 12.7. The summed E-state index contributed by atoms with van der Waals surface area (Å²) in [5, 5.41) is 14.5. The molecule has 27 heavy (non-hydrogen) atoms. The highest BCUT2D eigenvalue weighted by Crippen LogP contribution is 2.21. The van der Waals surface area contributed by atoms with E-state index in [0.29, 0.717) is 12.1 Å². The lowest BCUT2D eigenvalue weighted by Gasteiger charge is -2.28. The second-order valence-electron chi connectivity index (χ2n) is 7.87. The number of carbonyl (C=O) groups excluding carboxylic acids is 2. The molecule has 0 radical (unpaired) electrons. The van der Waals surface area contributed by atoms with Crippen molar-refractivity contribution in [1.29, 1.82) is 5.26 Å². The van der Waals surface area contributed by atoms with Crippen molar-refractivity contribution in [3.63, 3.8) is 0 Å². The normalized spacial score (nSPS) is 16.8. The minimum Gasteiger partial charge on any atom is -0.369 e. The molecular weight excluding hydrogens is 342 g/mol. The number of anilines is 1. The van der Waals surface area contributed by atoms with Crippen LogP contribution in [-0.4, -0.2) is 54.6 Å². The van der Waals surface area contributed by atoms with Gasteiger partial charge in [0.15, 0.2) is 0 Å². The Morgan fingerprint density at radius 3 is 2.52 bits per heavy atom. The molecule has 0 aromatic heterocycles. The molecule has 7 nitrogen and oxygen atoms in total. The molecule has 7 heteroatoms. The van der Waals surface area contributed by atoms with E-state index in [1.165, 1.54) is 0 Å². The Hall–Kier alpha value is -2.59. The van der Waals surface area contributed by atoms with E-state index in [0.717, 1.165) is 31.7 Å². The van der Waals surface area contributed by atoms with Crippen molar-refractivity contribution in [2.75, 3.05) is 31.1 Å². The molecule has 2 N–H and O–H groups in total. The number of carbonyl (C=O) groups is 2. The smallest absolute Gasteiger partial charge is 0.321 e. The molecule has 1 atom stereocenters. The minimum absolute atomic E-state index is 0.303. The molecule has 1 aliphatic rings. The van der Waals surface area contributed by atoms with E-state index in [1.807, 2.05) is 52.0 Å². The fourth-order valence-corrected chi connectivity index (χ4v) is 3.16. The number of amides is 3. The number of nitrogens with one attached hydrogen (secondary N) is 2. The summed E-state index contributed by atoms with van der Waals surface area (Å²) in [6.45, 7) is 10.4. The number of hydrogen-bond donors (Lipinski definition) is 2. The maximum absolute atomic E-state index is 12.4. The lowest BCUT2D eigenvalue weighted by atomic mass is 10.1. The summed E-state index contributed by atoms with van der Waals surface area (Å²) in [5.74, 6) is -0.303. The van der Waals surface area contributed by atoms with Crippen LogP contribution in [0.25, 0.3) is 0 Å². The molecule has 2 rings (SSSR count). The summed E-state index contributed by atoms with van der Waals surface area (Å²) in [7, 11) is 0. The fraction of sp³-hybridized carbons (Fsp3) is 0.550. The molecule has 1 fully saturated rings. The van der Waals surface area contributed by atoms with Crippen molar-refractivity contribution >= 4 is 17.6 Å². The monoisotopic (exact) mass is 371 g/mol. The van der Waals surface area contributed by atoms with Crippen LogP contribution in [0.4, 0.5) is 10.5 Å². The van der Waals surface area contributed by atoms with E-state index in [-0.39, 0.29) is 5.91 Å². The van der Waals surface area contributed by atoms with Crippen LogP contribution in [0.5, 0.6) is 0 Å². The third kappa shape index (κ3) is 5.97. The second kappa shape index (κ2) is 8.87. The Balaban J connectivity index is 1.96. The van der Waals surface area contributed by atoms with Gasteiger partial charge in [0, 0.05) is 31.7 Å². The van der Waals surface area contributed by atoms with Crippen molar-refractivity contribution in [2.24, 2.45) is 0 Å². The third-order valence-corrected chi connectivity index (χ3v) is 4.55. The second-order valence-corrected chi connectivity index (χ2v) is 7.87. The predicted molar refractivity (Wildman–Crippen MR) is 105 cm³/mol. The number of urea groups is 1. The molecule has 0 bridgehead atoms. The highest BCUT2D eigenvalue weighted by molar-refractivity contribution is 5.97. The van der Waals surface area contributed by atoms with E-state index in [9.17, 15) is 14.9 Å². The molecule has 146 valence electrons.